The maximum Gasteiger partial charge on any atom is 0.421 e. The fraction of sp³-hybridized carbons (Fsp3) is 0.304. The molecule has 2 rings (SSSR count). The van der Waals surface area contributed by atoms with Gasteiger partial charge in [0.15, 0.2) is 5.84 Å². The Hall–Kier alpha value is -3.95. The summed E-state index contributed by atoms with van der Waals surface area (Å²) >= 11 is 0.950. The molecule has 0 unspecified atom stereocenters. The number of primary amides is 1. The quantitative estimate of drug-likeness (QED) is 0.154. The summed E-state index contributed by atoms with van der Waals surface area (Å²) in [5.74, 6) is 5.81. The first kappa shape index (κ1) is 27.3. The fourth-order valence-electron chi connectivity index (χ4n) is 2.71. The predicted octanol–water partition coefficient (Wildman–Crippen LogP) is 2.29. The number of nitriles is 1. The molecule has 0 saturated heterocycles. The van der Waals surface area contributed by atoms with Gasteiger partial charge in [-0.05, 0) is 68.6 Å². The molecule has 2 amide bonds. The summed E-state index contributed by atoms with van der Waals surface area (Å²) < 4.78 is 11.9. The van der Waals surface area contributed by atoms with E-state index in [4.69, 9.17) is 32.0 Å². The third-order valence-electron chi connectivity index (χ3n) is 4.23. The largest absolute Gasteiger partial charge is 0.495 e. The zero-order valence-corrected chi connectivity index (χ0v) is 20.8. The van der Waals surface area contributed by atoms with Gasteiger partial charge in [0.1, 0.15) is 17.9 Å². The van der Waals surface area contributed by atoms with E-state index in [2.05, 4.69) is 11.2 Å². The second kappa shape index (κ2) is 12.0. The number of hydrogen-bond acceptors (Lipinski definition) is 9. The molecule has 12 heteroatoms. The van der Waals surface area contributed by atoms with Crippen LogP contribution in [0.1, 0.15) is 37.5 Å². The highest BCUT2D eigenvalue weighted by molar-refractivity contribution is 7.97. The SMILES string of the molecule is COc1cc(/C(N)=N/N(N)Cc2ccc(C#N)cc2)ccc1SN(CC(N)=O)C(=O)OC(C)(C)C. The maximum atomic E-state index is 12.5. The number of amides is 2. The molecule has 186 valence electrons. The highest BCUT2D eigenvalue weighted by Crippen LogP contribution is 2.33. The van der Waals surface area contributed by atoms with Gasteiger partial charge in [-0.15, -0.1) is 5.10 Å². The molecule has 0 aliphatic heterocycles. The topological polar surface area (TPSA) is 173 Å². The molecule has 6 N–H and O–H groups in total. The number of nitrogens with zero attached hydrogens (tertiary/aromatic N) is 4. The Kier molecular flexibility index (Phi) is 9.33. The summed E-state index contributed by atoms with van der Waals surface area (Å²) in [7, 11) is 1.46. The molecule has 2 aromatic rings. The standard InChI is InChI=1S/C23H29N7O4S/c1-23(2,3)34-22(32)29(14-20(25)31)35-19-10-9-17(11-18(19)33-4)21(26)28-30(27)13-16-7-5-15(12-24)6-8-16/h5-11H,13-14,27H2,1-4H3,(H2,25,31)(H2,26,28). The maximum absolute atomic E-state index is 12.5. The summed E-state index contributed by atoms with van der Waals surface area (Å²) in [5.41, 5.74) is 12.6. The first-order valence-corrected chi connectivity index (χ1v) is 11.2. The molecule has 0 aromatic heterocycles. The number of ether oxygens (including phenoxy) is 2. The minimum atomic E-state index is -0.752. The van der Waals surface area contributed by atoms with Crippen LogP contribution >= 0.6 is 11.9 Å². The van der Waals surface area contributed by atoms with Crippen molar-refractivity contribution in [2.45, 2.75) is 37.8 Å². The van der Waals surface area contributed by atoms with Crippen molar-refractivity contribution in [1.29, 1.82) is 5.26 Å². The number of carbonyl (C=O) groups is 2. The van der Waals surface area contributed by atoms with Gasteiger partial charge >= 0.3 is 6.09 Å². The van der Waals surface area contributed by atoms with Crippen molar-refractivity contribution in [3.8, 4) is 11.8 Å². The lowest BCUT2D eigenvalue weighted by Crippen LogP contribution is -2.37. The molecule has 0 aliphatic carbocycles. The predicted molar refractivity (Wildman–Crippen MR) is 133 cm³/mol. The summed E-state index contributed by atoms with van der Waals surface area (Å²) in [4.78, 5) is 24.6. The van der Waals surface area contributed by atoms with Gasteiger partial charge in [0.05, 0.1) is 30.2 Å². The second-order valence-corrected chi connectivity index (χ2v) is 9.39. The average molecular weight is 500 g/mol. The first-order valence-electron chi connectivity index (χ1n) is 10.4. The Morgan fingerprint density at radius 2 is 1.80 bits per heavy atom. The van der Waals surface area contributed by atoms with Gasteiger partial charge in [-0.1, -0.05) is 12.1 Å². The van der Waals surface area contributed by atoms with Crippen molar-refractivity contribution in [3.05, 3.63) is 59.2 Å². The Labute approximate surface area is 208 Å². The second-order valence-electron chi connectivity index (χ2n) is 8.33. The Morgan fingerprint density at radius 3 is 2.34 bits per heavy atom. The molecule has 0 fully saturated rings. The van der Waals surface area contributed by atoms with E-state index in [1.807, 2.05) is 0 Å². The lowest BCUT2D eigenvalue weighted by atomic mass is 10.1. The Bertz CT molecular complexity index is 1120. The molecular weight excluding hydrogens is 470 g/mol. The molecule has 0 spiro atoms. The first-order chi connectivity index (χ1) is 16.4. The van der Waals surface area contributed by atoms with Gasteiger partial charge in [-0.25, -0.2) is 20.1 Å². The third-order valence-corrected chi connectivity index (χ3v) is 5.26. The molecular formula is C23H29N7O4S. The number of amidine groups is 1. The van der Waals surface area contributed by atoms with E-state index in [9.17, 15) is 9.59 Å². The van der Waals surface area contributed by atoms with Crippen LogP contribution in [0.5, 0.6) is 5.75 Å². The van der Waals surface area contributed by atoms with Crippen LogP contribution in [0.2, 0.25) is 0 Å². The zero-order valence-electron chi connectivity index (χ0n) is 20.0. The summed E-state index contributed by atoms with van der Waals surface area (Å²) in [6.45, 7) is 5.08. The minimum Gasteiger partial charge on any atom is -0.495 e. The third kappa shape index (κ3) is 8.73. The van der Waals surface area contributed by atoms with Crippen LogP contribution in [0.15, 0.2) is 52.5 Å². The van der Waals surface area contributed by atoms with Crippen LogP contribution in [-0.4, -0.2) is 46.5 Å². The minimum absolute atomic E-state index is 0.136. The van der Waals surface area contributed by atoms with Crippen molar-refractivity contribution in [2.24, 2.45) is 22.4 Å². The van der Waals surface area contributed by atoms with Gasteiger partial charge < -0.3 is 20.9 Å². The van der Waals surface area contributed by atoms with Gasteiger partial charge in [-0.3, -0.25) is 4.79 Å². The van der Waals surface area contributed by atoms with Crippen molar-refractivity contribution in [1.82, 2.24) is 9.42 Å². The lowest BCUT2D eigenvalue weighted by Gasteiger charge is -2.26. The number of rotatable bonds is 9. The van der Waals surface area contributed by atoms with E-state index in [1.165, 1.54) is 12.2 Å². The van der Waals surface area contributed by atoms with Crippen LogP contribution in [0.25, 0.3) is 0 Å². The summed E-state index contributed by atoms with van der Waals surface area (Å²) in [5, 5.41) is 14.3. The zero-order chi connectivity index (χ0) is 26.2. The van der Waals surface area contributed by atoms with Crippen LogP contribution in [-0.2, 0) is 16.1 Å². The molecule has 35 heavy (non-hydrogen) atoms. The van der Waals surface area contributed by atoms with Crippen LogP contribution in [0, 0.1) is 11.3 Å². The lowest BCUT2D eigenvalue weighted by molar-refractivity contribution is -0.118. The highest BCUT2D eigenvalue weighted by Gasteiger charge is 2.25. The van der Waals surface area contributed by atoms with E-state index in [0.717, 1.165) is 21.8 Å². The van der Waals surface area contributed by atoms with Crippen molar-refractivity contribution in [2.75, 3.05) is 13.7 Å². The monoisotopic (exact) mass is 499 g/mol. The molecule has 0 bridgehead atoms. The van der Waals surface area contributed by atoms with Crippen LogP contribution in [0.3, 0.4) is 0 Å². The van der Waals surface area contributed by atoms with Gasteiger partial charge in [0, 0.05) is 5.56 Å². The number of nitrogens with two attached hydrogens (primary N) is 3. The molecule has 11 nitrogen and oxygen atoms in total. The molecule has 2 aromatic carbocycles. The van der Waals surface area contributed by atoms with Gasteiger partial charge in [0.25, 0.3) is 0 Å². The van der Waals surface area contributed by atoms with E-state index < -0.39 is 17.6 Å². The average Bonchev–Trinajstić information content (AvgIpc) is 2.77. The number of hydrogen-bond donors (Lipinski definition) is 3. The van der Waals surface area contributed by atoms with Gasteiger partial charge in [-0.2, -0.15) is 5.26 Å². The number of hydrazone groups is 1. The summed E-state index contributed by atoms with van der Waals surface area (Å²) in [6, 6.07) is 14.0. The Balaban J connectivity index is 2.20. The van der Waals surface area contributed by atoms with Crippen molar-refractivity contribution >= 4 is 29.8 Å². The number of methoxy groups -OCH3 is 1. The molecule has 0 heterocycles. The normalized spacial score (nSPS) is 11.4. The van der Waals surface area contributed by atoms with Crippen LogP contribution < -0.4 is 22.0 Å². The van der Waals surface area contributed by atoms with Crippen molar-refractivity contribution in [3.63, 3.8) is 0 Å². The van der Waals surface area contributed by atoms with E-state index in [1.54, 1.807) is 63.2 Å². The number of hydrazine groups is 1. The molecule has 0 saturated carbocycles. The van der Waals surface area contributed by atoms with E-state index in [-0.39, 0.29) is 18.9 Å². The van der Waals surface area contributed by atoms with E-state index >= 15 is 0 Å². The van der Waals surface area contributed by atoms with E-state index in [0.29, 0.717) is 21.8 Å². The Morgan fingerprint density at radius 1 is 1.14 bits per heavy atom. The molecule has 0 atom stereocenters. The van der Waals surface area contributed by atoms with Crippen LogP contribution in [0.4, 0.5) is 4.79 Å². The number of benzene rings is 2. The fourth-order valence-corrected chi connectivity index (χ4v) is 3.61. The molecule has 0 aliphatic rings. The smallest absolute Gasteiger partial charge is 0.421 e. The highest BCUT2D eigenvalue weighted by atomic mass is 32.2. The van der Waals surface area contributed by atoms with Crippen molar-refractivity contribution < 1.29 is 19.1 Å². The van der Waals surface area contributed by atoms with Gasteiger partial charge in [0.2, 0.25) is 5.91 Å². The summed E-state index contributed by atoms with van der Waals surface area (Å²) in [6.07, 6.45) is -0.713. The number of carbonyl (C=O) groups excluding carboxylic acids is 2. The molecule has 0 radical (unpaired) electrons.